The Kier molecular flexibility index (Phi) is 6.00. The third-order valence-corrected chi connectivity index (χ3v) is 3.01. The van der Waals surface area contributed by atoms with Crippen LogP contribution in [-0.4, -0.2) is 46.4 Å². The molecule has 1 heterocycles. The number of non-ortho nitro benzene ring substituents is 1. The van der Waals surface area contributed by atoms with Crippen molar-refractivity contribution in [2.45, 2.75) is 0 Å². The summed E-state index contributed by atoms with van der Waals surface area (Å²) < 4.78 is 9.57. The first kappa shape index (κ1) is 17.9. The highest BCUT2D eigenvalue weighted by Gasteiger charge is 2.18. The van der Waals surface area contributed by atoms with Gasteiger partial charge in [-0.1, -0.05) is 0 Å². The summed E-state index contributed by atoms with van der Waals surface area (Å²) >= 11 is 0. The van der Waals surface area contributed by atoms with Gasteiger partial charge >= 0.3 is 0 Å². The number of nitrogen functional groups attached to an aromatic ring is 1. The number of benzene rings is 1. The Morgan fingerprint density at radius 1 is 1.16 bits per heavy atom. The van der Waals surface area contributed by atoms with Crippen LogP contribution in [0.2, 0.25) is 0 Å². The van der Waals surface area contributed by atoms with Crippen LogP contribution in [0, 0.1) is 20.2 Å². The number of aromatic nitrogens is 2. The average molecular weight is 353 g/mol. The predicted molar refractivity (Wildman–Crippen MR) is 85.3 cm³/mol. The second kappa shape index (κ2) is 8.39. The molecule has 1 aromatic heterocycles. The molecular formula is C12H15N7O6. The van der Waals surface area contributed by atoms with Gasteiger partial charge in [0.2, 0.25) is 5.82 Å². The fourth-order valence-electron chi connectivity index (χ4n) is 1.85. The maximum Gasteiger partial charge on any atom is 0.300 e. The van der Waals surface area contributed by atoms with E-state index < -0.39 is 9.85 Å². The molecule has 0 saturated heterocycles. The van der Waals surface area contributed by atoms with Crippen LogP contribution in [0.5, 0.6) is 5.88 Å². The van der Waals surface area contributed by atoms with Crippen molar-refractivity contribution in [3.8, 4) is 5.88 Å². The van der Waals surface area contributed by atoms with E-state index in [0.29, 0.717) is 19.6 Å². The minimum Gasteiger partial charge on any atom is -0.471 e. The molecule has 13 nitrogen and oxygen atoms in total. The number of hydrogen-bond acceptors (Lipinski definition) is 11. The van der Waals surface area contributed by atoms with Gasteiger partial charge < -0.3 is 21.1 Å². The lowest BCUT2D eigenvalue weighted by Crippen LogP contribution is -2.26. The number of rotatable bonds is 10. The Hall–Kier alpha value is -3.48. The summed E-state index contributed by atoms with van der Waals surface area (Å²) in [6.45, 7) is 1.59. The molecule has 0 fully saturated rings. The average Bonchev–Trinajstić information content (AvgIpc) is 2.98. The molecule has 0 radical (unpaired) electrons. The van der Waals surface area contributed by atoms with E-state index in [-0.39, 0.29) is 35.4 Å². The van der Waals surface area contributed by atoms with Crippen molar-refractivity contribution in [1.29, 1.82) is 0 Å². The fraction of sp³-hybridized carbons (Fsp3) is 0.333. The van der Waals surface area contributed by atoms with Crippen molar-refractivity contribution in [1.82, 2.24) is 15.6 Å². The van der Waals surface area contributed by atoms with Crippen LogP contribution in [0.4, 0.5) is 22.9 Å². The Morgan fingerprint density at radius 2 is 1.96 bits per heavy atom. The molecule has 0 aliphatic heterocycles. The van der Waals surface area contributed by atoms with Gasteiger partial charge in [0.05, 0.1) is 15.9 Å². The Bertz CT molecular complexity index is 749. The van der Waals surface area contributed by atoms with E-state index in [9.17, 15) is 20.2 Å². The first-order valence-electron chi connectivity index (χ1n) is 7.07. The van der Waals surface area contributed by atoms with E-state index in [0.717, 1.165) is 6.07 Å². The molecule has 13 heteroatoms. The molecule has 0 atom stereocenters. The summed E-state index contributed by atoms with van der Waals surface area (Å²) in [6.07, 6.45) is 0. The molecule has 0 unspecified atom stereocenters. The molecule has 0 saturated carbocycles. The molecule has 25 heavy (non-hydrogen) atoms. The molecule has 0 spiro atoms. The smallest absolute Gasteiger partial charge is 0.300 e. The van der Waals surface area contributed by atoms with Gasteiger partial charge in [0, 0.05) is 25.7 Å². The summed E-state index contributed by atoms with van der Waals surface area (Å²) in [5, 5.41) is 34.4. The van der Waals surface area contributed by atoms with E-state index in [4.69, 9.17) is 10.5 Å². The topological polar surface area (TPSA) is 185 Å². The van der Waals surface area contributed by atoms with Crippen molar-refractivity contribution < 1.29 is 19.2 Å². The third-order valence-electron chi connectivity index (χ3n) is 3.01. The molecule has 0 amide bonds. The van der Waals surface area contributed by atoms with Crippen LogP contribution >= 0.6 is 0 Å². The summed E-state index contributed by atoms with van der Waals surface area (Å²) in [7, 11) is 0. The fourth-order valence-corrected chi connectivity index (χ4v) is 1.85. The van der Waals surface area contributed by atoms with E-state index in [1.165, 1.54) is 12.1 Å². The lowest BCUT2D eigenvalue weighted by molar-refractivity contribution is -0.393. The molecule has 134 valence electrons. The zero-order valence-corrected chi connectivity index (χ0v) is 12.9. The van der Waals surface area contributed by atoms with Gasteiger partial charge in [0.15, 0.2) is 0 Å². The van der Waals surface area contributed by atoms with Gasteiger partial charge in [0.25, 0.3) is 17.3 Å². The highest BCUT2D eigenvalue weighted by Crippen LogP contribution is 2.28. The van der Waals surface area contributed by atoms with Crippen LogP contribution in [0.3, 0.4) is 0 Å². The molecule has 2 aromatic rings. The quantitative estimate of drug-likeness (QED) is 0.307. The zero-order valence-electron chi connectivity index (χ0n) is 12.9. The van der Waals surface area contributed by atoms with Gasteiger partial charge in [-0.15, -0.1) is 0 Å². The van der Waals surface area contributed by atoms with Gasteiger partial charge in [0.1, 0.15) is 12.3 Å². The van der Waals surface area contributed by atoms with Gasteiger partial charge in [-0.05, 0) is 16.4 Å². The standard InChI is InChI=1S/C12H15N7O6/c13-11-12(17-25-16-11)24-6-5-14-3-4-15-9-2-1-8(18(20)21)7-10(9)19(22)23/h1-2,7,14-15H,3-6H2,(H2,13,16). The van der Waals surface area contributed by atoms with Crippen molar-refractivity contribution in [3.05, 3.63) is 38.4 Å². The number of nitrogens with two attached hydrogens (primary N) is 1. The Labute approximate surface area is 140 Å². The first-order valence-corrected chi connectivity index (χ1v) is 7.07. The number of nitrogens with zero attached hydrogens (tertiary/aromatic N) is 4. The van der Waals surface area contributed by atoms with Crippen molar-refractivity contribution in [3.63, 3.8) is 0 Å². The number of hydrogen-bond donors (Lipinski definition) is 3. The van der Waals surface area contributed by atoms with E-state index in [1.54, 1.807) is 0 Å². The van der Waals surface area contributed by atoms with Gasteiger partial charge in [-0.25, -0.2) is 4.63 Å². The minimum absolute atomic E-state index is 0.0622. The molecule has 4 N–H and O–H groups in total. The van der Waals surface area contributed by atoms with E-state index in [1.807, 2.05) is 0 Å². The monoisotopic (exact) mass is 353 g/mol. The molecule has 0 aliphatic rings. The van der Waals surface area contributed by atoms with Crippen LogP contribution in [0.15, 0.2) is 22.8 Å². The summed E-state index contributed by atoms with van der Waals surface area (Å²) in [5.41, 5.74) is 4.93. The van der Waals surface area contributed by atoms with E-state index >= 15 is 0 Å². The predicted octanol–water partition coefficient (Wildman–Crippen LogP) is 0.549. The summed E-state index contributed by atoms with van der Waals surface area (Å²) in [5.74, 6) is 0.175. The summed E-state index contributed by atoms with van der Waals surface area (Å²) in [4.78, 5) is 20.3. The van der Waals surface area contributed by atoms with Gasteiger partial charge in [-0.3, -0.25) is 20.2 Å². The Balaban J connectivity index is 1.73. The highest BCUT2D eigenvalue weighted by atomic mass is 16.6. The molecule has 0 bridgehead atoms. The van der Waals surface area contributed by atoms with Crippen LogP contribution in [-0.2, 0) is 0 Å². The van der Waals surface area contributed by atoms with Crippen LogP contribution in [0.1, 0.15) is 0 Å². The number of nitro benzene ring substituents is 2. The molecule has 0 aliphatic carbocycles. The first-order chi connectivity index (χ1) is 12.0. The van der Waals surface area contributed by atoms with Crippen LogP contribution in [0.25, 0.3) is 0 Å². The van der Waals surface area contributed by atoms with Crippen molar-refractivity contribution >= 4 is 22.9 Å². The highest BCUT2D eigenvalue weighted by molar-refractivity contribution is 5.65. The SMILES string of the molecule is Nc1nonc1OCCNCCNc1ccc([N+](=O)[O-])cc1[N+](=O)[O-]. The summed E-state index contributed by atoms with van der Waals surface area (Å²) in [6, 6.07) is 3.42. The lowest BCUT2D eigenvalue weighted by atomic mass is 10.2. The maximum absolute atomic E-state index is 11.0. The lowest BCUT2D eigenvalue weighted by Gasteiger charge is -2.08. The number of nitrogens with one attached hydrogen (secondary N) is 2. The normalized spacial score (nSPS) is 10.4. The zero-order chi connectivity index (χ0) is 18.2. The largest absolute Gasteiger partial charge is 0.471 e. The number of anilines is 2. The van der Waals surface area contributed by atoms with E-state index in [2.05, 4.69) is 25.6 Å². The molecule has 1 aromatic carbocycles. The number of ether oxygens (including phenoxy) is 1. The second-order valence-corrected chi connectivity index (χ2v) is 4.70. The maximum atomic E-state index is 11.0. The van der Waals surface area contributed by atoms with Crippen LogP contribution < -0.4 is 21.1 Å². The Morgan fingerprint density at radius 3 is 2.60 bits per heavy atom. The molecular weight excluding hydrogens is 338 g/mol. The van der Waals surface area contributed by atoms with Crippen molar-refractivity contribution in [2.75, 3.05) is 37.3 Å². The second-order valence-electron chi connectivity index (χ2n) is 4.70. The number of nitro groups is 2. The minimum atomic E-state index is -0.685. The van der Waals surface area contributed by atoms with Crippen molar-refractivity contribution in [2.24, 2.45) is 0 Å². The van der Waals surface area contributed by atoms with Gasteiger partial charge in [-0.2, -0.15) is 0 Å². The third kappa shape index (κ3) is 5.00. The molecule has 2 rings (SSSR count).